The summed E-state index contributed by atoms with van der Waals surface area (Å²) in [5.74, 6) is 0.497. The monoisotopic (exact) mass is 266 g/mol. The van der Waals surface area contributed by atoms with Gasteiger partial charge in [0.2, 0.25) is 0 Å². The fourth-order valence-electron chi connectivity index (χ4n) is 4.46. The number of aliphatic hydroxyl groups excluding tert-OH is 1. The second-order valence-electron chi connectivity index (χ2n) is 7.83. The highest BCUT2D eigenvalue weighted by atomic mass is 16.3. The number of piperazine rings is 1. The molecule has 2 heterocycles. The first kappa shape index (κ1) is 13.8. The van der Waals surface area contributed by atoms with Crippen LogP contribution in [0.3, 0.4) is 0 Å². The van der Waals surface area contributed by atoms with Crippen molar-refractivity contribution in [1.29, 1.82) is 0 Å². The lowest BCUT2D eigenvalue weighted by Gasteiger charge is -2.43. The van der Waals surface area contributed by atoms with E-state index in [1.54, 1.807) is 0 Å². The topological polar surface area (TPSA) is 26.7 Å². The van der Waals surface area contributed by atoms with Crippen molar-refractivity contribution in [2.75, 3.05) is 32.7 Å². The fraction of sp³-hybridized carbons (Fsp3) is 1.00. The molecule has 0 aromatic rings. The molecule has 3 nitrogen and oxygen atoms in total. The molecule has 0 aromatic carbocycles. The number of nitrogens with zero attached hydrogens (tertiary/aromatic N) is 2. The van der Waals surface area contributed by atoms with Crippen LogP contribution in [0.1, 0.15) is 46.0 Å². The molecule has 3 rings (SSSR count). The Morgan fingerprint density at radius 1 is 1.16 bits per heavy atom. The van der Waals surface area contributed by atoms with E-state index in [1.807, 2.05) is 0 Å². The maximum atomic E-state index is 10.3. The summed E-state index contributed by atoms with van der Waals surface area (Å²) < 4.78 is 0. The molecule has 3 fully saturated rings. The average Bonchev–Trinajstić information content (AvgIpc) is 2.81. The third kappa shape index (κ3) is 3.14. The van der Waals surface area contributed by atoms with E-state index >= 15 is 0 Å². The van der Waals surface area contributed by atoms with Crippen molar-refractivity contribution in [2.24, 2.45) is 11.3 Å². The first-order chi connectivity index (χ1) is 9.03. The van der Waals surface area contributed by atoms with Gasteiger partial charge in [0.1, 0.15) is 0 Å². The van der Waals surface area contributed by atoms with Gasteiger partial charge in [0.25, 0.3) is 0 Å². The van der Waals surface area contributed by atoms with E-state index in [1.165, 1.54) is 51.9 Å². The molecule has 0 radical (unpaired) electrons. The lowest BCUT2D eigenvalue weighted by Crippen LogP contribution is -2.52. The van der Waals surface area contributed by atoms with Crippen LogP contribution in [-0.4, -0.2) is 59.8 Å². The molecule has 2 saturated heterocycles. The number of fused-ring (bicyclic) bond motifs is 1. The van der Waals surface area contributed by atoms with E-state index in [0.717, 1.165) is 19.0 Å². The molecule has 0 aromatic heterocycles. The number of aliphatic hydroxyl groups is 1. The first-order valence-electron chi connectivity index (χ1n) is 8.18. The third-order valence-corrected chi connectivity index (χ3v) is 5.64. The van der Waals surface area contributed by atoms with Gasteiger partial charge in [-0.1, -0.05) is 13.8 Å². The van der Waals surface area contributed by atoms with Gasteiger partial charge in [0.05, 0.1) is 6.10 Å². The summed E-state index contributed by atoms with van der Waals surface area (Å²) in [7, 11) is 0. The van der Waals surface area contributed by atoms with Crippen LogP contribution < -0.4 is 0 Å². The van der Waals surface area contributed by atoms with Crippen molar-refractivity contribution in [1.82, 2.24) is 9.80 Å². The second-order valence-corrected chi connectivity index (χ2v) is 7.83. The zero-order valence-electron chi connectivity index (χ0n) is 12.6. The Morgan fingerprint density at radius 2 is 2.00 bits per heavy atom. The van der Waals surface area contributed by atoms with Crippen LogP contribution in [0.15, 0.2) is 0 Å². The molecule has 3 atom stereocenters. The zero-order valence-corrected chi connectivity index (χ0v) is 12.6. The fourth-order valence-corrected chi connectivity index (χ4v) is 4.46. The molecule has 1 saturated carbocycles. The van der Waals surface area contributed by atoms with Crippen LogP contribution in [-0.2, 0) is 0 Å². The molecule has 19 heavy (non-hydrogen) atoms. The Morgan fingerprint density at radius 3 is 2.84 bits per heavy atom. The van der Waals surface area contributed by atoms with Gasteiger partial charge in [-0.05, 0) is 50.0 Å². The molecule has 3 aliphatic rings. The van der Waals surface area contributed by atoms with Gasteiger partial charge in [0, 0.05) is 32.2 Å². The van der Waals surface area contributed by atoms with Crippen LogP contribution >= 0.6 is 0 Å². The molecule has 1 N–H and O–H groups in total. The van der Waals surface area contributed by atoms with Gasteiger partial charge in [-0.3, -0.25) is 4.90 Å². The molecule has 0 spiro atoms. The third-order valence-electron chi connectivity index (χ3n) is 5.64. The van der Waals surface area contributed by atoms with Crippen molar-refractivity contribution in [2.45, 2.75) is 58.1 Å². The van der Waals surface area contributed by atoms with E-state index in [2.05, 4.69) is 23.6 Å². The second kappa shape index (κ2) is 5.34. The number of hydrogen-bond acceptors (Lipinski definition) is 3. The SMILES string of the molecule is CC1(C)CCC(O)C(CN2CCN3CCCC3C2)C1. The number of hydrogen-bond donors (Lipinski definition) is 1. The smallest absolute Gasteiger partial charge is 0.0581 e. The molecule has 3 heteroatoms. The average molecular weight is 266 g/mol. The molecular weight excluding hydrogens is 236 g/mol. The summed E-state index contributed by atoms with van der Waals surface area (Å²) in [4.78, 5) is 5.29. The Hall–Kier alpha value is -0.120. The summed E-state index contributed by atoms with van der Waals surface area (Å²) in [6, 6.07) is 0.808. The summed E-state index contributed by atoms with van der Waals surface area (Å²) in [6.07, 6.45) is 6.09. The predicted molar refractivity (Wildman–Crippen MR) is 78.2 cm³/mol. The van der Waals surface area contributed by atoms with Crippen LogP contribution in [0.4, 0.5) is 0 Å². The van der Waals surface area contributed by atoms with Crippen LogP contribution in [0, 0.1) is 11.3 Å². The van der Waals surface area contributed by atoms with Crippen LogP contribution in [0.25, 0.3) is 0 Å². The van der Waals surface area contributed by atoms with Gasteiger partial charge in [0.15, 0.2) is 0 Å². The first-order valence-corrected chi connectivity index (χ1v) is 8.18. The van der Waals surface area contributed by atoms with E-state index in [0.29, 0.717) is 11.3 Å². The van der Waals surface area contributed by atoms with Gasteiger partial charge in [-0.25, -0.2) is 0 Å². The summed E-state index contributed by atoms with van der Waals surface area (Å²) in [5, 5.41) is 10.3. The van der Waals surface area contributed by atoms with Crippen LogP contribution in [0.2, 0.25) is 0 Å². The molecule has 1 aliphatic carbocycles. The maximum absolute atomic E-state index is 10.3. The molecule has 2 aliphatic heterocycles. The highest BCUT2D eigenvalue weighted by Crippen LogP contribution is 2.39. The summed E-state index contributed by atoms with van der Waals surface area (Å²) in [5.41, 5.74) is 0.430. The van der Waals surface area contributed by atoms with Crippen molar-refractivity contribution in [3.05, 3.63) is 0 Å². The maximum Gasteiger partial charge on any atom is 0.0581 e. The molecule has 0 amide bonds. The molecule has 3 unspecified atom stereocenters. The Bertz CT molecular complexity index is 318. The van der Waals surface area contributed by atoms with Crippen LogP contribution in [0.5, 0.6) is 0 Å². The molecule has 110 valence electrons. The zero-order chi connectivity index (χ0) is 13.5. The summed E-state index contributed by atoms with van der Waals surface area (Å²) >= 11 is 0. The number of rotatable bonds is 2. The summed E-state index contributed by atoms with van der Waals surface area (Å²) in [6.45, 7) is 10.9. The minimum Gasteiger partial charge on any atom is -0.393 e. The van der Waals surface area contributed by atoms with E-state index in [-0.39, 0.29) is 6.10 Å². The van der Waals surface area contributed by atoms with E-state index < -0.39 is 0 Å². The van der Waals surface area contributed by atoms with Gasteiger partial charge in [-0.2, -0.15) is 0 Å². The van der Waals surface area contributed by atoms with Gasteiger partial charge < -0.3 is 10.0 Å². The Labute approximate surface area is 118 Å². The van der Waals surface area contributed by atoms with Crippen molar-refractivity contribution in [3.63, 3.8) is 0 Å². The van der Waals surface area contributed by atoms with E-state index in [9.17, 15) is 5.11 Å². The highest BCUT2D eigenvalue weighted by Gasteiger charge is 2.37. The molecule has 0 bridgehead atoms. The Balaban J connectivity index is 1.55. The van der Waals surface area contributed by atoms with Crippen molar-refractivity contribution in [3.8, 4) is 0 Å². The largest absolute Gasteiger partial charge is 0.393 e. The highest BCUT2D eigenvalue weighted by molar-refractivity contribution is 4.91. The van der Waals surface area contributed by atoms with Crippen molar-refractivity contribution < 1.29 is 5.11 Å². The van der Waals surface area contributed by atoms with Crippen molar-refractivity contribution >= 4 is 0 Å². The minimum absolute atomic E-state index is 0.0605. The minimum atomic E-state index is -0.0605. The lowest BCUT2D eigenvalue weighted by molar-refractivity contribution is -0.00751. The predicted octanol–water partition coefficient (Wildman–Crippen LogP) is 1.95. The van der Waals surface area contributed by atoms with E-state index in [4.69, 9.17) is 0 Å². The quantitative estimate of drug-likeness (QED) is 0.827. The van der Waals surface area contributed by atoms with Gasteiger partial charge >= 0.3 is 0 Å². The lowest BCUT2D eigenvalue weighted by atomic mass is 9.70. The van der Waals surface area contributed by atoms with Gasteiger partial charge in [-0.15, -0.1) is 0 Å². The standard InChI is InChI=1S/C16H30N2O/c1-16(2)6-5-15(19)13(10-16)11-17-8-9-18-7-3-4-14(18)12-17/h13-15,19H,3-12H2,1-2H3. The molecular formula is C16H30N2O. The normalized spacial score (nSPS) is 40.3. The Kier molecular flexibility index (Phi) is 3.89.